The molecule has 0 unspecified atom stereocenters. The number of hydrogen-bond donors (Lipinski definition) is 1. The summed E-state index contributed by atoms with van der Waals surface area (Å²) in [6.45, 7) is -0.776. The number of carbonyl (C=O) groups is 1. The third-order valence-corrected chi connectivity index (χ3v) is 3.61. The van der Waals surface area contributed by atoms with E-state index in [1.165, 1.54) is 6.07 Å². The van der Waals surface area contributed by atoms with Crippen molar-refractivity contribution in [3.8, 4) is 6.07 Å². The minimum atomic E-state index is -4.66. The van der Waals surface area contributed by atoms with Gasteiger partial charge in [0.25, 0.3) is 11.2 Å². The second-order valence-corrected chi connectivity index (χ2v) is 5.56. The van der Waals surface area contributed by atoms with Crippen LogP contribution < -0.4 is 10.9 Å². The molecule has 2 aromatic rings. The zero-order valence-electron chi connectivity index (χ0n) is 13.1. The predicted molar refractivity (Wildman–Crippen MR) is 87.2 cm³/mol. The fourth-order valence-corrected chi connectivity index (χ4v) is 2.22. The molecule has 2 rings (SSSR count). The summed E-state index contributed by atoms with van der Waals surface area (Å²) in [7, 11) is 0. The van der Waals surface area contributed by atoms with E-state index in [-0.39, 0.29) is 10.7 Å². The first-order valence-corrected chi connectivity index (χ1v) is 7.36. The maximum atomic E-state index is 12.7. The summed E-state index contributed by atoms with van der Waals surface area (Å²) in [6, 6.07) is 4.49. The van der Waals surface area contributed by atoms with Crippen LogP contribution in [0.25, 0.3) is 0 Å². The zero-order chi connectivity index (χ0) is 20.4. The van der Waals surface area contributed by atoms with Gasteiger partial charge in [0.2, 0.25) is 5.91 Å². The van der Waals surface area contributed by atoms with Crippen LogP contribution in [0, 0.1) is 21.4 Å². The van der Waals surface area contributed by atoms with Crippen LogP contribution >= 0.6 is 11.6 Å². The number of rotatable bonds is 4. The molecule has 1 aromatic heterocycles. The van der Waals surface area contributed by atoms with Gasteiger partial charge in [0.05, 0.1) is 27.4 Å². The number of alkyl halides is 3. The van der Waals surface area contributed by atoms with Crippen molar-refractivity contribution in [3.05, 3.63) is 67.1 Å². The van der Waals surface area contributed by atoms with Gasteiger partial charge < -0.3 is 5.32 Å². The van der Waals surface area contributed by atoms with Crippen molar-refractivity contribution in [2.75, 3.05) is 5.32 Å². The third-order valence-electron chi connectivity index (χ3n) is 3.28. The van der Waals surface area contributed by atoms with E-state index >= 15 is 0 Å². The van der Waals surface area contributed by atoms with Gasteiger partial charge in [-0.1, -0.05) is 11.6 Å². The minimum Gasteiger partial charge on any atom is -0.323 e. The number of carbonyl (C=O) groups excluding carboxylic acids is 1. The molecule has 0 saturated carbocycles. The van der Waals surface area contributed by atoms with Crippen LogP contribution in [-0.2, 0) is 17.5 Å². The molecule has 0 aliphatic rings. The minimum absolute atomic E-state index is 0.180. The van der Waals surface area contributed by atoms with Crippen LogP contribution in [0.5, 0.6) is 0 Å². The maximum absolute atomic E-state index is 12.7. The van der Waals surface area contributed by atoms with Crippen molar-refractivity contribution in [3.63, 3.8) is 0 Å². The van der Waals surface area contributed by atoms with Gasteiger partial charge in [-0.15, -0.1) is 0 Å². The molecule has 0 atom stereocenters. The van der Waals surface area contributed by atoms with E-state index in [9.17, 15) is 32.9 Å². The first-order valence-electron chi connectivity index (χ1n) is 6.98. The summed E-state index contributed by atoms with van der Waals surface area (Å²) >= 11 is 5.76. The van der Waals surface area contributed by atoms with E-state index in [1.807, 2.05) is 0 Å². The van der Waals surface area contributed by atoms with Crippen LogP contribution in [0.15, 0.2) is 35.3 Å². The lowest BCUT2D eigenvalue weighted by Gasteiger charge is -2.12. The molecule has 27 heavy (non-hydrogen) atoms. The SMILES string of the molecule is N#Cc1cc([N+](=O)[O-])cn(CC(=O)Nc2cc(C(F)(F)F)ccc2Cl)c1=O. The number of nitriles is 1. The lowest BCUT2D eigenvalue weighted by Crippen LogP contribution is -2.29. The van der Waals surface area contributed by atoms with E-state index in [0.29, 0.717) is 10.6 Å². The first-order chi connectivity index (χ1) is 12.5. The Morgan fingerprint density at radius 1 is 1.37 bits per heavy atom. The summed E-state index contributed by atoms with van der Waals surface area (Å²) in [6.07, 6.45) is -3.92. The molecule has 12 heteroatoms. The molecule has 0 bridgehead atoms. The average Bonchev–Trinajstić information content (AvgIpc) is 2.57. The topological polar surface area (TPSA) is 118 Å². The number of hydrogen-bond acceptors (Lipinski definition) is 5. The van der Waals surface area contributed by atoms with Crippen LogP contribution in [0.1, 0.15) is 11.1 Å². The van der Waals surface area contributed by atoms with E-state index < -0.39 is 45.9 Å². The average molecular weight is 401 g/mol. The summed E-state index contributed by atoms with van der Waals surface area (Å²) < 4.78 is 38.8. The highest BCUT2D eigenvalue weighted by atomic mass is 35.5. The van der Waals surface area contributed by atoms with Gasteiger partial charge in [-0.25, -0.2) is 0 Å². The van der Waals surface area contributed by atoms with Crippen LogP contribution in [0.3, 0.4) is 0 Å². The fourth-order valence-electron chi connectivity index (χ4n) is 2.06. The van der Waals surface area contributed by atoms with Gasteiger partial charge in [0.15, 0.2) is 0 Å². The quantitative estimate of drug-likeness (QED) is 0.625. The standard InChI is InChI=1S/C15H8ClF3N4O4/c16-11-2-1-9(15(17,18)19)4-12(11)21-13(24)7-22-6-10(23(26)27)3-8(5-20)14(22)25/h1-4,6H,7H2,(H,21,24). The summed E-state index contributed by atoms with van der Waals surface area (Å²) in [4.78, 5) is 34.0. The molecule has 1 N–H and O–H groups in total. The van der Waals surface area contributed by atoms with Gasteiger partial charge in [0.1, 0.15) is 18.2 Å². The molecule has 0 fully saturated rings. The summed E-state index contributed by atoms with van der Waals surface area (Å²) in [5.41, 5.74) is -3.53. The lowest BCUT2D eigenvalue weighted by molar-refractivity contribution is -0.385. The normalized spacial score (nSPS) is 10.9. The molecule has 0 saturated heterocycles. The van der Waals surface area contributed by atoms with E-state index in [2.05, 4.69) is 5.32 Å². The van der Waals surface area contributed by atoms with Crippen molar-refractivity contribution in [2.45, 2.75) is 12.7 Å². The number of anilines is 1. The van der Waals surface area contributed by atoms with Crippen molar-refractivity contribution in [1.82, 2.24) is 4.57 Å². The molecule has 1 aromatic carbocycles. The van der Waals surface area contributed by atoms with E-state index in [4.69, 9.17) is 16.9 Å². The van der Waals surface area contributed by atoms with Gasteiger partial charge in [-0.05, 0) is 18.2 Å². The van der Waals surface area contributed by atoms with Crippen molar-refractivity contribution in [2.24, 2.45) is 0 Å². The van der Waals surface area contributed by atoms with Crippen LogP contribution in [0.2, 0.25) is 5.02 Å². The highest BCUT2D eigenvalue weighted by Gasteiger charge is 2.31. The predicted octanol–water partition coefficient (Wildman–Crippen LogP) is 2.94. The van der Waals surface area contributed by atoms with Crippen molar-refractivity contribution < 1.29 is 22.9 Å². The number of halogens is 4. The highest BCUT2D eigenvalue weighted by molar-refractivity contribution is 6.33. The molecule has 1 heterocycles. The Morgan fingerprint density at radius 3 is 2.59 bits per heavy atom. The molecule has 0 radical (unpaired) electrons. The Balaban J connectivity index is 2.32. The van der Waals surface area contributed by atoms with Crippen molar-refractivity contribution >= 4 is 28.9 Å². The van der Waals surface area contributed by atoms with Gasteiger partial charge >= 0.3 is 6.18 Å². The number of aromatic nitrogens is 1. The molecule has 1 amide bonds. The smallest absolute Gasteiger partial charge is 0.323 e. The number of nitrogens with zero attached hydrogens (tertiary/aromatic N) is 3. The second kappa shape index (κ2) is 7.46. The fraction of sp³-hybridized carbons (Fsp3) is 0.133. The highest BCUT2D eigenvalue weighted by Crippen LogP contribution is 2.33. The van der Waals surface area contributed by atoms with Crippen molar-refractivity contribution in [1.29, 1.82) is 5.26 Å². The maximum Gasteiger partial charge on any atom is 0.416 e. The third kappa shape index (κ3) is 4.62. The number of amides is 1. The Kier molecular flexibility index (Phi) is 5.51. The number of nitro groups is 1. The van der Waals surface area contributed by atoms with E-state index in [1.54, 1.807) is 0 Å². The van der Waals surface area contributed by atoms with Gasteiger partial charge in [-0.2, -0.15) is 18.4 Å². The molecular weight excluding hydrogens is 393 g/mol. The number of benzene rings is 1. The molecule has 0 aliphatic carbocycles. The monoisotopic (exact) mass is 400 g/mol. The largest absolute Gasteiger partial charge is 0.416 e. The Labute approximate surface area is 153 Å². The Hall–Kier alpha value is -3.39. The molecule has 0 aliphatic heterocycles. The second-order valence-electron chi connectivity index (χ2n) is 5.15. The molecular formula is C15H8ClF3N4O4. The van der Waals surface area contributed by atoms with Crippen LogP contribution in [0.4, 0.5) is 24.5 Å². The molecule has 0 spiro atoms. The number of pyridine rings is 1. The van der Waals surface area contributed by atoms with E-state index in [0.717, 1.165) is 24.4 Å². The zero-order valence-corrected chi connectivity index (χ0v) is 13.8. The number of nitrogens with one attached hydrogen (secondary N) is 1. The first kappa shape index (κ1) is 19.9. The van der Waals surface area contributed by atoms with Gasteiger partial charge in [-0.3, -0.25) is 24.3 Å². The summed E-state index contributed by atoms with van der Waals surface area (Å²) in [5.74, 6) is -0.970. The van der Waals surface area contributed by atoms with Crippen LogP contribution in [-0.4, -0.2) is 15.4 Å². The Bertz CT molecular complexity index is 1030. The Morgan fingerprint density at radius 2 is 2.04 bits per heavy atom. The summed E-state index contributed by atoms with van der Waals surface area (Å²) in [5, 5.41) is 21.6. The molecule has 8 nitrogen and oxygen atoms in total. The molecule has 140 valence electrons. The lowest BCUT2D eigenvalue weighted by atomic mass is 10.2. The van der Waals surface area contributed by atoms with Gasteiger partial charge in [0, 0.05) is 6.07 Å².